The topological polar surface area (TPSA) is 39.9 Å². The highest BCUT2D eigenvalue weighted by molar-refractivity contribution is 6.20. The third-order valence-corrected chi connectivity index (χ3v) is 4.55. The minimum Gasteiger partial charge on any atom is -0.381 e. The summed E-state index contributed by atoms with van der Waals surface area (Å²) in [5, 5.41) is -0.122. The zero-order valence-corrected chi connectivity index (χ0v) is 13.7. The smallest absolute Gasteiger partial charge is 0.160 e. The highest BCUT2D eigenvalue weighted by Crippen LogP contribution is 2.34. The molecule has 0 radical (unpaired) electrons. The Morgan fingerprint density at radius 3 is 2.71 bits per heavy atom. The molecular formula is C16H22ClN3O. The number of imidazole rings is 1. The molecule has 1 aliphatic heterocycles. The lowest BCUT2D eigenvalue weighted by Gasteiger charge is -2.34. The number of rotatable bonds is 3. The number of nitrogens with zero attached hydrogens (tertiary/aromatic N) is 3. The van der Waals surface area contributed by atoms with E-state index in [9.17, 15) is 0 Å². The quantitative estimate of drug-likeness (QED) is 0.808. The van der Waals surface area contributed by atoms with Gasteiger partial charge in [-0.2, -0.15) is 0 Å². The number of aromatic nitrogens is 3. The number of hydrogen-bond acceptors (Lipinski definition) is 3. The molecule has 21 heavy (non-hydrogen) atoms. The third-order valence-electron chi connectivity index (χ3n) is 4.36. The number of alkyl halides is 1. The summed E-state index contributed by atoms with van der Waals surface area (Å²) in [6.45, 7) is 8.87. The molecule has 0 aromatic carbocycles. The summed E-state index contributed by atoms with van der Waals surface area (Å²) in [7, 11) is 0. The van der Waals surface area contributed by atoms with Gasteiger partial charge in [-0.3, -0.25) is 0 Å². The van der Waals surface area contributed by atoms with Gasteiger partial charge in [0, 0.05) is 25.5 Å². The van der Waals surface area contributed by atoms with Crippen molar-refractivity contribution in [2.24, 2.45) is 5.41 Å². The Bertz CT molecular complexity index is 644. The fourth-order valence-corrected chi connectivity index (χ4v) is 3.14. The zero-order chi connectivity index (χ0) is 15.0. The fraction of sp³-hybridized carbons (Fsp3) is 0.625. The molecule has 5 heteroatoms. The number of hydrogen-bond donors (Lipinski definition) is 0. The van der Waals surface area contributed by atoms with Crippen molar-refractivity contribution in [3.05, 3.63) is 23.7 Å². The van der Waals surface area contributed by atoms with Gasteiger partial charge in [0.15, 0.2) is 5.65 Å². The van der Waals surface area contributed by atoms with Gasteiger partial charge >= 0.3 is 0 Å². The molecule has 3 rings (SSSR count). The van der Waals surface area contributed by atoms with Gasteiger partial charge in [-0.05, 0) is 44.2 Å². The Morgan fingerprint density at radius 1 is 1.33 bits per heavy atom. The van der Waals surface area contributed by atoms with Crippen molar-refractivity contribution < 1.29 is 4.74 Å². The molecule has 2 aromatic rings. The lowest BCUT2D eigenvalue weighted by Crippen LogP contribution is -2.31. The van der Waals surface area contributed by atoms with Crippen LogP contribution in [-0.2, 0) is 11.3 Å². The van der Waals surface area contributed by atoms with Crippen molar-refractivity contribution >= 4 is 22.8 Å². The second-order valence-electron chi connectivity index (χ2n) is 6.39. The number of pyridine rings is 1. The van der Waals surface area contributed by atoms with E-state index in [0.717, 1.165) is 55.3 Å². The van der Waals surface area contributed by atoms with E-state index in [-0.39, 0.29) is 10.8 Å². The van der Waals surface area contributed by atoms with Crippen LogP contribution in [0.15, 0.2) is 12.1 Å². The maximum absolute atomic E-state index is 6.35. The SMILES string of the molecule is Cc1ccc2nc(C(C)Cl)n(CC3(C)CCOCC3)c2n1. The monoisotopic (exact) mass is 307 g/mol. The van der Waals surface area contributed by atoms with E-state index in [1.165, 1.54) is 0 Å². The lowest BCUT2D eigenvalue weighted by molar-refractivity contribution is 0.0156. The Balaban J connectivity index is 2.06. The minimum atomic E-state index is -0.122. The van der Waals surface area contributed by atoms with E-state index in [4.69, 9.17) is 16.3 Å². The summed E-state index contributed by atoms with van der Waals surface area (Å²) in [5.74, 6) is 0.914. The summed E-state index contributed by atoms with van der Waals surface area (Å²) in [6.07, 6.45) is 2.13. The summed E-state index contributed by atoms with van der Waals surface area (Å²) in [5.41, 5.74) is 3.11. The van der Waals surface area contributed by atoms with Crippen LogP contribution in [0.4, 0.5) is 0 Å². The Hall–Kier alpha value is -1.13. The van der Waals surface area contributed by atoms with Crippen molar-refractivity contribution in [1.29, 1.82) is 0 Å². The van der Waals surface area contributed by atoms with E-state index >= 15 is 0 Å². The molecule has 0 saturated carbocycles. The fourth-order valence-electron chi connectivity index (χ4n) is 2.98. The Kier molecular flexibility index (Phi) is 3.93. The lowest BCUT2D eigenvalue weighted by atomic mass is 9.82. The first-order valence-corrected chi connectivity index (χ1v) is 7.98. The number of aryl methyl sites for hydroxylation is 1. The van der Waals surface area contributed by atoms with Crippen LogP contribution in [-0.4, -0.2) is 27.7 Å². The first-order valence-electron chi connectivity index (χ1n) is 7.54. The molecule has 0 amide bonds. The molecule has 0 spiro atoms. The number of halogens is 1. The largest absolute Gasteiger partial charge is 0.381 e. The molecule has 4 nitrogen and oxygen atoms in total. The second-order valence-corrected chi connectivity index (χ2v) is 7.05. The van der Waals surface area contributed by atoms with Crippen LogP contribution in [0.25, 0.3) is 11.2 Å². The molecule has 0 N–H and O–H groups in total. The molecule has 3 heterocycles. The maximum Gasteiger partial charge on any atom is 0.160 e. The van der Waals surface area contributed by atoms with E-state index in [1.54, 1.807) is 0 Å². The summed E-state index contributed by atoms with van der Waals surface area (Å²) in [6, 6.07) is 4.03. The van der Waals surface area contributed by atoms with Crippen molar-refractivity contribution in [2.45, 2.75) is 45.5 Å². The van der Waals surface area contributed by atoms with Crippen LogP contribution in [0.3, 0.4) is 0 Å². The van der Waals surface area contributed by atoms with E-state index in [2.05, 4.69) is 21.5 Å². The number of fused-ring (bicyclic) bond motifs is 1. The highest BCUT2D eigenvalue weighted by atomic mass is 35.5. The van der Waals surface area contributed by atoms with Crippen molar-refractivity contribution in [2.75, 3.05) is 13.2 Å². The van der Waals surface area contributed by atoms with Crippen LogP contribution in [0.1, 0.15) is 43.6 Å². The van der Waals surface area contributed by atoms with Gasteiger partial charge in [0.2, 0.25) is 0 Å². The van der Waals surface area contributed by atoms with Crippen molar-refractivity contribution in [3.8, 4) is 0 Å². The molecule has 114 valence electrons. The highest BCUT2D eigenvalue weighted by Gasteiger charge is 2.30. The average Bonchev–Trinajstić information content (AvgIpc) is 2.77. The standard InChI is InChI=1S/C16H22ClN3O/c1-11-4-5-13-15(18-11)20(14(19-13)12(2)17)10-16(3)6-8-21-9-7-16/h4-5,12H,6-10H2,1-3H3. The van der Waals surface area contributed by atoms with Gasteiger partial charge in [0.05, 0.1) is 5.38 Å². The number of ether oxygens (including phenoxy) is 1. The van der Waals surface area contributed by atoms with Gasteiger partial charge < -0.3 is 9.30 Å². The molecule has 0 bridgehead atoms. The molecule has 0 aliphatic carbocycles. The second kappa shape index (κ2) is 5.58. The van der Waals surface area contributed by atoms with Gasteiger partial charge in [-0.15, -0.1) is 11.6 Å². The minimum absolute atomic E-state index is 0.122. The van der Waals surface area contributed by atoms with Crippen molar-refractivity contribution in [1.82, 2.24) is 14.5 Å². The summed E-state index contributed by atoms with van der Waals surface area (Å²) in [4.78, 5) is 9.37. The normalized spacial score (nSPS) is 19.8. The van der Waals surface area contributed by atoms with Crippen molar-refractivity contribution in [3.63, 3.8) is 0 Å². The first-order chi connectivity index (χ1) is 9.98. The van der Waals surface area contributed by atoms with Crippen LogP contribution in [0, 0.1) is 12.3 Å². The van der Waals surface area contributed by atoms with Crippen LogP contribution in [0.5, 0.6) is 0 Å². The summed E-state index contributed by atoms with van der Waals surface area (Å²) < 4.78 is 7.72. The molecule has 2 aromatic heterocycles. The van der Waals surface area contributed by atoms with Crippen LogP contribution < -0.4 is 0 Å². The average molecular weight is 308 g/mol. The molecule has 1 saturated heterocycles. The van der Waals surface area contributed by atoms with Gasteiger partial charge in [0.1, 0.15) is 11.3 Å². The Labute approximate surface area is 130 Å². The zero-order valence-electron chi connectivity index (χ0n) is 12.9. The molecular weight excluding hydrogens is 286 g/mol. The van der Waals surface area contributed by atoms with Gasteiger partial charge in [0.25, 0.3) is 0 Å². The molecule has 1 unspecified atom stereocenters. The van der Waals surface area contributed by atoms with E-state index in [0.29, 0.717) is 0 Å². The Morgan fingerprint density at radius 2 is 2.05 bits per heavy atom. The molecule has 1 atom stereocenters. The molecule has 1 aliphatic rings. The van der Waals surface area contributed by atoms with Crippen LogP contribution in [0.2, 0.25) is 0 Å². The van der Waals surface area contributed by atoms with E-state index in [1.807, 2.05) is 26.0 Å². The first kappa shape index (κ1) is 14.8. The molecule has 1 fully saturated rings. The maximum atomic E-state index is 6.35. The third kappa shape index (κ3) is 2.92. The summed E-state index contributed by atoms with van der Waals surface area (Å²) >= 11 is 6.35. The predicted octanol–water partition coefficient (Wildman–Crippen LogP) is 3.86. The van der Waals surface area contributed by atoms with E-state index < -0.39 is 0 Å². The van der Waals surface area contributed by atoms with Gasteiger partial charge in [-0.1, -0.05) is 6.92 Å². The van der Waals surface area contributed by atoms with Crippen LogP contribution >= 0.6 is 11.6 Å². The predicted molar refractivity (Wildman–Crippen MR) is 84.7 cm³/mol. The van der Waals surface area contributed by atoms with Gasteiger partial charge in [-0.25, -0.2) is 9.97 Å².